The molecule has 2 nitrogen and oxygen atoms in total. The zero-order valence-corrected chi connectivity index (χ0v) is 8.13. The molecule has 0 aliphatic carbocycles. The predicted molar refractivity (Wildman–Crippen MR) is 60.5 cm³/mol. The van der Waals surface area contributed by atoms with Gasteiger partial charge in [-0.25, -0.2) is 0 Å². The van der Waals surface area contributed by atoms with Gasteiger partial charge in [0.25, 0.3) is 0 Å². The number of aliphatic hydroxyl groups is 1. The molecule has 0 saturated heterocycles. The molecule has 0 atom stereocenters. The fourth-order valence-corrected chi connectivity index (χ4v) is 1.02. The first kappa shape index (κ1) is 10.7. The van der Waals surface area contributed by atoms with Crippen LogP contribution in [0.3, 0.4) is 0 Å². The summed E-state index contributed by atoms with van der Waals surface area (Å²) in [7, 11) is 0. The van der Waals surface area contributed by atoms with Crippen molar-refractivity contribution in [1.29, 1.82) is 0 Å². The first-order chi connectivity index (χ1) is 6.93. The van der Waals surface area contributed by atoms with Crippen LogP contribution in [-0.2, 0) is 0 Å². The van der Waals surface area contributed by atoms with Crippen LogP contribution in [0.5, 0.6) is 0 Å². The lowest BCUT2D eigenvalue weighted by molar-refractivity contribution is 0.291. The van der Waals surface area contributed by atoms with Crippen molar-refractivity contribution in [1.82, 2.24) is 0 Å². The maximum absolute atomic E-state index is 8.51. The second-order valence-electron chi connectivity index (χ2n) is 2.90. The number of hydrogen-bond acceptors (Lipinski definition) is 2. The second kappa shape index (κ2) is 7.04. The molecule has 0 aliphatic rings. The van der Waals surface area contributed by atoms with Crippen LogP contribution in [-0.4, -0.2) is 24.5 Å². The normalized spacial score (nSPS) is 11.5. The topological polar surface area (TPSA) is 32.6 Å². The Morgan fingerprint density at radius 1 is 1.21 bits per heavy atom. The van der Waals surface area contributed by atoms with Crippen LogP contribution in [0.2, 0.25) is 0 Å². The minimum Gasteiger partial charge on any atom is -0.396 e. The Kier molecular flexibility index (Phi) is 5.36. The average Bonchev–Trinajstić information content (AvgIpc) is 2.25. The van der Waals surface area contributed by atoms with Gasteiger partial charge in [0, 0.05) is 19.4 Å². The monoisotopic (exact) mass is 189 g/mol. The fourth-order valence-electron chi connectivity index (χ4n) is 1.02. The zero-order chi connectivity index (χ0) is 10.1. The summed E-state index contributed by atoms with van der Waals surface area (Å²) < 4.78 is 0. The molecule has 0 aliphatic heterocycles. The Hall–Kier alpha value is -1.41. The van der Waals surface area contributed by atoms with Crippen LogP contribution in [0.15, 0.2) is 41.4 Å². The van der Waals surface area contributed by atoms with Crippen molar-refractivity contribution in [2.75, 3.05) is 13.2 Å². The van der Waals surface area contributed by atoms with Crippen molar-refractivity contribution in [3.8, 4) is 0 Å². The van der Waals surface area contributed by atoms with E-state index in [1.807, 2.05) is 42.5 Å². The van der Waals surface area contributed by atoms with Gasteiger partial charge in [-0.05, 0) is 18.1 Å². The number of allylic oxidation sites excluding steroid dienone is 1. The molecule has 0 unspecified atom stereocenters. The van der Waals surface area contributed by atoms with Gasteiger partial charge < -0.3 is 5.11 Å². The molecule has 0 aromatic heterocycles. The van der Waals surface area contributed by atoms with Gasteiger partial charge in [-0.15, -0.1) is 0 Å². The lowest BCUT2D eigenvalue weighted by atomic mass is 10.2. The number of benzene rings is 1. The maximum atomic E-state index is 8.51. The number of nitrogens with zero attached hydrogens (tertiary/aromatic N) is 1. The summed E-state index contributed by atoms with van der Waals surface area (Å²) in [5.74, 6) is 0. The van der Waals surface area contributed by atoms with Gasteiger partial charge >= 0.3 is 0 Å². The highest BCUT2D eigenvalue weighted by molar-refractivity contribution is 5.78. The summed E-state index contributed by atoms with van der Waals surface area (Å²) in [6.07, 6.45) is 6.41. The summed E-state index contributed by atoms with van der Waals surface area (Å²) in [6, 6.07) is 10.1. The lowest BCUT2D eigenvalue weighted by Crippen LogP contribution is -1.85. The van der Waals surface area contributed by atoms with E-state index in [1.54, 1.807) is 6.21 Å². The first-order valence-electron chi connectivity index (χ1n) is 4.76. The van der Waals surface area contributed by atoms with Gasteiger partial charge in [0.05, 0.1) is 0 Å². The molecule has 1 aromatic rings. The molecule has 0 spiro atoms. The third-order valence-corrected chi connectivity index (χ3v) is 1.73. The molecule has 2 heteroatoms. The molecule has 1 N–H and O–H groups in total. The van der Waals surface area contributed by atoms with Crippen molar-refractivity contribution in [3.63, 3.8) is 0 Å². The van der Waals surface area contributed by atoms with E-state index < -0.39 is 0 Å². The number of aliphatic imine (C=N–C) groups is 1. The van der Waals surface area contributed by atoms with E-state index in [2.05, 4.69) is 4.99 Å². The van der Waals surface area contributed by atoms with Crippen molar-refractivity contribution < 1.29 is 5.11 Å². The van der Waals surface area contributed by atoms with Gasteiger partial charge in [-0.2, -0.15) is 0 Å². The number of rotatable bonds is 5. The van der Waals surface area contributed by atoms with Crippen molar-refractivity contribution in [3.05, 3.63) is 42.0 Å². The summed E-state index contributed by atoms with van der Waals surface area (Å²) in [6.45, 7) is 0.898. The third-order valence-electron chi connectivity index (χ3n) is 1.73. The Balaban J connectivity index is 2.31. The van der Waals surface area contributed by atoms with E-state index in [4.69, 9.17) is 5.11 Å². The zero-order valence-electron chi connectivity index (χ0n) is 8.13. The molecule has 0 fully saturated rings. The third kappa shape index (κ3) is 4.58. The molecule has 74 valence electrons. The molecule has 0 heterocycles. The predicted octanol–water partition coefficient (Wildman–Crippen LogP) is 2.15. The molecule has 0 radical (unpaired) electrons. The van der Waals surface area contributed by atoms with Gasteiger partial charge in [-0.1, -0.05) is 36.4 Å². The number of aliphatic hydroxyl groups excluding tert-OH is 1. The largest absolute Gasteiger partial charge is 0.396 e. The van der Waals surface area contributed by atoms with Gasteiger partial charge in [0.15, 0.2) is 0 Å². The number of hydrogen-bond donors (Lipinski definition) is 1. The highest BCUT2D eigenvalue weighted by Crippen LogP contribution is 1.99. The van der Waals surface area contributed by atoms with Gasteiger partial charge in [0.1, 0.15) is 0 Å². The summed E-state index contributed by atoms with van der Waals surface area (Å²) in [4.78, 5) is 4.10. The minimum atomic E-state index is 0.208. The van der Waals surface area contributed by atoms with Crippen LogP contribution in [0.4, 0.5) is 0 Å². The van der Waals surface area contributed by atoms with Gasteiger partial charge in [-0.3, -0.25) is 4.99 Å². The van der Waals surface area contributed by atoms with E-state index in [1.165, 1.54) is 5.56 Å². The van der Waals surface area contributed by atoms with Crippen LogP contribution in [0.25, 0.3) is 6.08 Å². The van der Waals surface area contributed by atoms with Crippen LogP contribution >= 0.6 is 0 Å². The Morgan fingerprint density at radius 2 is 2.00 bits per heavy atom. The maximum Gasteiger partial charge on any atom is 0.0448 e. The summed E-state index contributed by atoms with van der Waals surface area (Å²) in [5.41, 5.74) is 1.17. The van der Waals surface area contributed by atoms with Crippen molar-refractivity contribution >= 4 is 12.3 Å². The van der Waals surface area contributed by atoms with E-state index in [0.717, 1.165) is 6.42 Å². The molecular weight excluding hydrogens is 174 g/mol. The highest BCUT2D eigenvalue weighted by Gasteiger charge is 1.80. The fraction of sp³-hybridized carbons (Fsp3) is 0.250. The van der Waals surface area contributed by atoms with Crippen LogP contribution in [0, 0.1) is 0 Å². The summed E-state index contributed by atoms with van der Waals surface area (Å²) >= 11 is 0. The molecular formula is C12H15NO. The standard InChI is InChI=1S/C12H15NO/c14-11-5-10-13-9-4-8-12-6-2-1-3-7-12/h1-4,6-9,14H,5,10-11H2/b8-4-,13-9?. The second-order valence-corrected chi connectivity index (χ2v) is 2.90. The molecule has 0 amide bonds. The molecule has 0 bridgehead atoms. The smallest absolute Gasteiger partial charge is 0.0448 e. The first-order valence-corrected chi connectivity index (χ1v) is 4.76. The highest BCUT2D eigenvalue weighted by atomic mass is 16.2. The molecule has 1 rings (SSSR count). The van der Waals surface area contributed by atoms with E-state index in [0.29, 0.717) is 6.54 Å². The van der Waals surface area contributed by atoms with Gasteiger partial charge in [0.2, 0.25) is 0 Å². The van der Waals surface area contributed by atoms with Crippen molar-refractivity contribution in [2.45, 2.75) is 6.42 Å². The average molecular weight is 189 g/mol. The van der Waals surface area contributed by atoms with E-state index in [9.17, 15) is 0 Å². The van der Waals surface area contributed by atoms with E-state index in [-0.39, 0.29) is 6.61 Å². The lowest BCUT2D eigenvalue weighted by Gasteiger charge is -1.89. The van der Waals surface area contributed by atoms with Crippen molar-refractivity contribution in [2.24, 2.45) is 4.99 Å². The van der Waals surface area contributed by atoms with Crippen LogP contribution in [0.1, 0.15) is 12.0 Å². The Morgan fingerprint density at radius 3 is 2.71 bits per heavy atom. The Labute approximate surface area is 84.6 Å². The quantitative estimate of drug-likeness (QED) is 0.558. The summed E-state index contributed by atoms with van der Waals surface area (Å²) in [5, 5.41) is 8.51. The van der Waals surface area contributed by atoms with E-state index >= 15 is 0 Å². The SMILES string of the molecule is OCCCN=C/C=C\c1ccccc1. The minimum absolute atomic E-state index is 0.208. The Bertz CT molecular complexity index is 290. The molecule has 1 aromatic carbocycles. The molecule has 0 saturated carbocycles. The molecule has 14 heavy (non-hydrogen) atoms. The van der Waals surface area contributed by atoms with Crippen LogP contribution < -0.4 is 0 Å².